The Morgan fingerprint density at radius 1 is 1.22 bits per heavy atom. The van der Waals surface area contributed by atoms with Gasteiger partial charge in [0.15, 0.2) is 0 Å². The number of piperidine rings is 1. The molecule has 27 heavy (non-hydrogen) atoms. The van der Waals surface area contributed by atoms with E-state index in [0.717, 1.165) is 69.3 Å². The van der Waals surface area contributed by atoms with Crippen molar-refractivity contribution in [1.29, 1.82) is 5.26 Å². The van der Waals surface area contributed by atoms with E-state index in [4.69, 9.17) is 0 Å². The molecule has 2 heterocycles. The molecule has 1 aliphatic heterocycles. The van der Waals surface area contributed by atoms with E-state index in [0.29, 0.717) is 6.54 Å². The molecular weight excluding hydrogens is 360 g/mol. The summed E-state index contributed by atoms with van der Waals surface area (Å²) in [6.07, 6.45) is 7.49. The first-order valence-corrected chi connectivity index (χ1v) is 10.8. The number of rotatable bonds is 5. The van der Waals surface area contributed by atoms with Gasteiger partial charge in [-0.2, -0.15) is 5.26 Å². The monoisotopic (exact) mass is 388 g/mol. The number of carbonyl (C=O) groups is 2. The fourth-order valence-electron chi connectivity index (χ4n) is 4.01. The van der Waals surface area contributed by atoms with Gasteiger partial charge in [-0.05, 0) is 37.1 Å². The minimum atomic E-state index is -0.680. The van der Waals surface area contributed by atoms with Crippen molar-refractivity contribution in [2.24, 2.45) is 0 Å². The first kappa shape index (κ1) is 19.8. The largest absolute Gasteiger partial charge is 0.349 e. The Balaban J connectivity index is 1.42. The SMILES string of the molecule is N#CC1(NC(=O)CN2CCC(NC(=O)c3cccs3)CC2)CCCCCC1. The van der Waals surface area contributed by atoms with Gasteiger partial charge in [0, 0.05) is 19.1 Å². The van der Waals surface area contributed by atoms with Crippen LogP contribution in [0.2, 0.25) is 0 Å². The predicted molar refractivity (Wildman–Crippen MR) is 105 cm³/mol. The smallest absolute Gasteiger partial charge is 0.261 e. The Labute approximate surface area is 164 Å². The van der Waals surface area contributed by atoms with Crippen molar-refractivity contribution in [3.8, 4) is 6.07 Å². The van der Waals surface area contributed by atoms with Gasteiger partial charge in [-0.25, -0.2) is 0 Å². The van der Waals surface area contributed by atoms with E-state index in [1.54, 1.807) is 0 Å². The average Bonchev–Trinajstić information content (AvgIpc) is 3.11. The summed E-state index contributed by atoms with van der Waals surface area (Å²) in [6.45, 7) is 1.89. The maximum atomic E-state index is 12.5. The minimum absolute atomic E-state index is 0.00878. The van der Waals surface area contributed by atoms with Crippen LogP contribution in [0.5, 0.6) is 0 Å². The van der Waals surface area contributed by atoms with Gasteiger partial charge in [-0.15, -0.1) is 11.3 Å². The summed E-state index contributed by atoms with van der Waals surface area (Å²) in [6, 6.07) is 6.24. The van der Waals surface area contributed by atoms with Crippen LogP contribution in [0.15, 0.2) is 17.5 Å². The van der Waals surface area contributed by atoms with Crippen molar-refractivity contribution < 1.29 is 9.59 Å². The third-order valence-electron chi connectivity index (χ3n) is 5.58. The molecule has 0 radical (unpaired) electrons. The van der Waals surface area contributed by atoms with E-state index in [2.05, 4.69) is 21.6 Å². The lowest BCUT2D eigenvalue weighted by Gasteiger charge is -2.33. The molecule has 1 aromatic rings. The van der Waals surface area contributed by atoms with E-state index >= 15 is 0 Å². The zero-order chi connectivity index (χ0) is 19.1. The van der Waals surface area contributed by atoms with Crippen LogP contribution in [-0.4, -0.2) is 47.9 Å². The second-order valence-corrected chi connectivity index (χ2v) is 8.61. The Morgan fingerprint density at radius 2 is 1.93 bits per heavy atom. The minimum Gasteiger partial charge on any atom is -0.349 e. The maximum absolute atomic E-state index is 12.5. The fraction of sp³-hybridized carbons (Fsp3) is 0.650. The number of nitrogens with one attached hydrogen (secondary N) is 2. The molecule has 6 nitrogen and oxygen atoms in total. The third-order valence-corrected chi connectivity index (χ3v) is 6.45. The summed E-state index contributed by atoms with van der Waals surface area (Å²) < 4.78 is 0. The summed E-state index contributed by atoms with van der Waals surface area (Å²) in [7, 11) is 0. The molecule has 2 aliphatic rings. The van der Waals surface area contributed by atoms with Gasteiger partial charge in [0.2, 0.25) is 5.91 Å². The topological polar surface area (TPSA) is 85.2 Å². The molecule has 2 amide bonds. The van der Waals surface area contributed by atoms with Crippen LogP contribution in [-0.2, 0) is 4.79 Å². The van der Waals surface area contributed by atoms with Crippen molar-refractivity contribution >= 4 is 23.2 Å². The summed E-state index contributed by atoms with van der Waals surface area (Å²) in [5, 5.41) is 17.6. The highest BCUT2D eigenvalue weighted by Gasteiger charge is 2.33. The quantitative estimate of drug-likeness (QED) is 0.760. The number of hydrogen-bond acceptors (Lipinski definition) is 5. The lowest BCUT2D eigenvalue weighted by Crippen LogP contribution is -2.52. The highest BCUT2D eigenvalue weighted by molar-refractivity contribution is 7.12. The summed E-state index contributed by atoms with van der Waals surface area (Å²) in [5.41, 5.74) is -0.680. The lowest BCUT2D eigenvalue weighted by atomic mass is 9.92. The summed E-state index contributed by atoms with van der Waals surface area (Å²) >= 11 is 1.45. The number of amides is 2. The van der Waals surface area contributed by atoms with Gasteiger partial charge in [-0.3, -0.25) is 14.5 Å². The number of nitrogens with zero attached hydrogens (tertiary/aromatic N) is 2. The molecule has 3 rings (SSSR count). The molecule has 1 saturated carbocycles. The molecule has 1 saturated heterocycles. The highest BCUT2D eigenvalue weighted by Crippen LogP contribution is 2.26. The fourth-order valence-corrected chi connectivity index (χ4v) is 4.63. The lowest BCUT2D eigenvalue weighted by molar-refractivity contribution is -0.124. The Hall–Kier alpha value is -1.91. The molecule has 146 valence electrons. The second-order valence-electron chi connectivity index (χ2n) is 7.66. The van der Waals surface area contributed by atoms with Crippen LogP contribution >= 0.6 is 11.3 Å². The number of hydrogen-bond donors (Lipinski definition) is 2. The molecular formula is C20H28N4O2S. The molecule has 7 heteroatoms. The zero-order valence-electron chi connectivity index (χ0n) is 15.7. The summed E-state index contributed by atoms with van der Waals surface area (Å²) in [4.78, 5) is 27.5. The van der Waals surface area contributed by atoms with Gasteiger partial charge in [0.1, 0.15) is 5.54 Å². The van der Waals surface area contributed by atoms with Crippen LogP contribution in [0.4, 0.5) is 0 Å². The van der Waals surface area contributed by atoms with E-state index in [-0.39, 0.29) is 17.9 Å². The standard InChI is InChI=1S/C20H28N4O2S/c21-15-20(9-3-1-2-4-10-20)23-18(25)14-24-11-7-16(8-12-24)22-19(26)17-6-5-13-27-17/h5-6,13,16H,1-4,7-12,14H2,(H,22,26)(H,23,25). The molecule has 1 aromatic heterocycles. The molecule has 1 aliphatic carbocycles. The molecule has 0 aromatic carbocycles. The van der Waals surface area contributed by atoms with Gasteiger partial charge >= 0.3 is 0 Å². The van der Waals surface area contributed by atoms with Crippen LogP contribution in [0.1, 0.15) is 61.0 Å². The second kappa shape index (κ2) is 9.34. The van der Waals surface area contributed by atoms with Crippen LogP contribution in [0.3, 0.4) is 0 Å². The Bertz CT molecular complexity index is 667. The van der Waals surface area contributed by atoms with Crippen LogP contribution in [0.25, 0.3) is 0 Å². The van der Waals surface area contributed by atoms with E-state index < -0.39 is 5.54 Å². The molecule has 0 unspecified atom stereocenters. The molecule has 0 spiro atoms. The van der Waals surface area contributed by atoms with Gasteiger partial charge < -0.3 is 10.6 Å². The number of thiophene rings is 1. The van der Waals surface area contributed by atoms with Crippen molar-refractivity contribution in [1.82, 2.24) is 15.5 Å². The normalized spacial score (nSPS) is 21.0. The van der Waals surface area contributed by atoms with Crippen LogP contribution < -0.4 is 10.6 Å². The average molecular weight is 389 g/mol. The highest BCUT2D eigenvalue weighted by atomic mass is 32.1. The van der Waals surface area contributed by atoms with Crippen LogP contribution in [0, 0.1) is 11.3 Å². The number of likely N-dealkylation sites (tertiary alicyclic amines) is 1. The van der Waals surface area contributed by atoms with E-state index in [1.165, 1.54) is 11.3 Å². The molecule has 0 atom stereocenters. The summed E-state index contributed by atoms with van der Waals surface area (Å²) in [5.74, 6) is -0.0648. The van der Waals surface area contributed by atoms with E-state index in [9.17, 15) is 14.9 Å². The van der Waals surface area contributed by atoms with Crippen molar-refractivity contribution in [3.63, 3.8) is 0 Å². The number of carbonyl (C=O) groups excluding carboxylic acids is 2. The van der Waals surface area contributed by atoms with Crippen molar-refractivity contribution in [3.05, 3.63) is 22.4 Å². The van der Waals surface area contributed by atoms with Gasteiger partial charge in [0.05, 0.1) is 17.5 Å². The van der Waals surface area contributed by atoms with Gasteiger partial charge in [-0.1, -0.05) is 31.7 Å². The number of nitriles is 1. The van der Waals surface area contributed by atoms with E-state index in [1.807, 2.05) is 17.5 Å². The first-order valence-electron chi connectivity index (χ1n) is 9.89. The Morgan fingerprint density at radius 3 is 2.52 bits per heavy atom. The molecule has 2 fully saturated rings. The van der Waals surface area contributed by atoms with Crippen molar-refractivity contribution in [2.75, 3.05) is 19.6 Å². The maximum Gasteiger partial charge on any atom is 0.261 e. The Kier molecular flexibility index (Phi) is 6.86. The molecule has 0 bridgehead atoms. The molecule has 2 N–H and O–H groups in total. The van der Waals surface area contributed by atoms with Gasteiger partial charge in [0.25, 0.3) is 5.91 Å². The third kappa shape index (κ3) is 5.53. The zero-order valence-corrected chi connectivity index (χ0v) is 16.5. The van der Waals surface area contributed by atoms with Crippen molar-refractivity contribution in [2.45, 2.75) is 62.9 Å². The predicted octanol–water partition coefficient (Wildman–Crippen LogP) is 2.68. The first-order chi connectivity index (χ1) is 13.1.